The molecule has 6 nitrogen and oxygen atoms in total. The highest BCUT2D eigenvalue weighted by molar-refractivity contribution is 6.30. The van der Waals surface area contributed by atoms with Crippen LogP contribution in [0.3, 0.4) is 0 Å². The lowest BCUT2D eigenvalue weighted by atomic mass is 10.2. The second kappa shape index (κ2) is 9.80. The fourth-order valence-electron chi connectivity index (χ4n) is 2.49. The lowest BCUT2D eigenvalue weighted by Crippen LogP contribution is -2.28. The van der Waals surface area contributed by atoms with Crippen molar-refractivity contribution in [2.45, 2.75) is 13.0 Å². The molecule has 0 aliphatic carbocycles. The molecule has 0 aromatic heterocycles. The molecule has 1 aliphatic heterocycles. The van der Waals surface area contributed by atoms with Crippen LogP contribution in [-0.4, -0.2) is 31.7 Å². The summed E-state index contributed by atoms with van der Waals surface area (Å²) in [6.45, 7) is 1.19. The minimum atomic E-state index is -0.603. The summed E-state index contributed by atoms with van der Waals surface area (Å²) in [6, 6.07) is 12.5. The molecule has 1 amide bonds. The van der Waals surface area contributed by atoms with Crippen molar-refractivity contribution in [3.63, 3.8) is 0 Å². The van der Waals surface area contributed by atoms with E-state index in [4.69, 9.17) is 25.8 Å². The molecular weight excluding hydrogens is 382 g/mol. The van der Waals surface area contributed by atoms with Gasteiger partial charge in [-0.3, -0.25) is 4.79 Å². The molecule has 0 saturated carbocycles. The molecule has 1 N–H and O–H groups in total. The zero-order valence-corrected chi connectivity index (χ0v) is 15.9. The van der Waals surface area contributed by atoms with Crippen molar-refractivity contribution >= 4 is 29.6 Å². The van der Waals surface area contributed by atoms with Crippen molar-refractivity contribution in [1.29, 1.82) is 0 Å². The quantitative estimate of drug-likeness (QED) is 0.593. The van der Waals surface area contributed by atoms with Gasteiger partial charge in [0.05, 0.1) is 13.2 Å². The summed E-state index contributed by atoms with van der Waals surface area (Å²) in [7, 11) is 0. The standard InChI is InChI=1S/C21H20ClNO5/c22-17-6-2-16(3-7-17)13-23-20(24)14-28-21(25)9-5-15-4-8-18-19(12-15)27-11-1-10-26-18/h2-9,12H,1,10-11,13-14H2,(H,23,24)/b9-5+. The summed E-state index contributed by atoms with van der Waals surface area (Å²) in [6.07, 6.45) is 3.69. The molecule has 2 aromatic carbocycles. The van der Waals surface area contributed by atoms with Gasteiger partial charge in [-0.15, -0.1) is 0 Å². The highest BCUT2D eigenvalue weighted by Gasteiger charge is 2.10. The Kier molecular flexibility index (Phi) is 6.92. The van der Waals surface area contributed by atoms with Crippen molar-refractivity contribution in [1.82, 2.24) is 5.32 Å². The van der Waals surface area contributed by atoms with Gasteiger partial charge in [-0.1, -0.05) is 29.8 Å². The van der Waals surface area contributed by atoms with Crippen molar-refractivity contribution in [3.05, 3.63) is 64.7 Å². The normalized spacial score (nSPS) is 13.0. The number of esters is 1. The Morgan fingerprint density at radius 3 is 2.61 bits per heavy atom. The molecule has 7 heteroatoms. The highest BCUT2D eigenvalue weighted by Crippen LogP contribution is 2.30. The van der Waals surface area contributed by atoms with Crippen LogP contribution in [0.5, 0.6) is 11.5 Å². The Hall–Kier alpha value is -2.99. The molecule has 3 rings (SSSR count). The summed E-state index contributed by atoms with van der Waals surface area (Å²) in [4.78, 5) is 23.6. The molecule has 0 saturated heterocycles. The van der Waals surface area contributed by atoms with Gasteiger partial charge in [-0.2, -0.15) is 0 Å². The van der Waals surface area contributed by atoms with Crippen molar-refractivity contribution < 1.29 is 23.8 Å². The average Bonchev–Trinajstić information content (AvgIpc) is 2.95. The molecule has 2 aromatic rings. The fraction of sp³-hybridized carbons (Fsp3) is 0.238. The maximum absolute atomic E-state index is 11.8. The first-order valence-electron chi connectivity index (χ1n) is 8.86. The average molecular weight is 402 g/mol. The Morgan fingerprint density at radius 2 is 1.82 bits per heavy atom. The lowest BCUT2D eigenvalue weighted by molar-refractivity contribution is -0.143. The highest BCUT2D eigenvalue weighted by atomic mass is 35.5. The number of nitrogens with one attached hydrogen (secondary N) is 1. The van der Waals surface area contributed by atoms with Gasteiger partial charge >= 0.3 is 5.97 Å². The van der Waals surface area contributed by atoms with Crippen LogP contribution in [0.25, 0.3) is 6.08 Å². The van der Waals surface area contributed by atoms with Crippen molar-refractivity contribution in [2.24, 2.45) is 0 Å². The number of halogens is 1. The first-order valence-corrected chi connectivity index (χ1v) is 9.23. The van der Waals surface area contributed by atoms with Crippen LogP contribution in [0.2, 0.25) is 5.02 Å². The van der Waals surface area contributed by atoms with E-state index in [2.05, 4.69) is 5.32 Å². The first kappa shape index (κ1) is 19.8. The summed E-state index contributed by atoms with van der Waals surface area (Å²) < 4.78 is 16.1. The number of hydrogen-bond donors (Lipinski definition) is 1. The molecule has 1 aliphatic rings. The molecule has 1 heterocycles. The van der Waals surface area contributed by atoms with E-state index in [0.717, 1.165) is 17.5 Å². The van der Waals surface area contributed by atoms with Gasteiger partial charge in [0, 0.05) is 24.1 Å². The van der Waals surface area contributed by atoms with E-state index >= 15 is 0 Å². The van der Waals surface area contributed by atoms with Crippen LogP contribution >= 0.6 is 11.6 Å². The Labute approximate surface area is 168 Å². The van der Waals surface area contributed by atoms with Gasteiger partial charge < -0.3 is 19.5 Å². The summed E-state index contributed by atoms with van der Waals surface area (Å²) in [5, 5.41) is 3.30. The lowest BCUT2D eigenvalue weighted by Gasteiger charge is -2.07. The van der Waals surface area contributed by atoms with Gasteiger partial charge in [0.1, 0.15) is 0 Å². The largest absolute Gasteiger partial charge is 0.490 e. The number of hydrogen-bond acceptors (Lipinski definition) is 5. The van der Waals surface area contributed by atoms with Crippen LogP contribution < -0.4 is 14.8 Å². The zero-order chi connectivity index (χ0) is 19.8. The van der Waals surface area contributed by atoms with E-state index in [-0.39, 0.29) is 12.5 Å². The van der Waals surface area contributed by atoms with Crippen molar-refractivity contribution in [2.75, 3.05) is 19.8 Å². The van der Waals surface area contributed by atoms with E-state index in [1.54, 1.807) is 30.3 Å². The minimum Gasteiger partial charge on any atom is -0.490 e. The number of fused-ring (bicyclic) bond motifs is 1. The Morgan fingerprint density at radius 1 is 1.07 bits per heavy atom. The zero-order valence-electron chi connectivity index (χ0n) is 15.2. The molecular formula is C21H20ClNO5. The predicted molar refractivity (Wildman–Crippen MR) is 105 cm³/mol. The molecule has 0 bridgehead atoms. The maximum Gasteiger partial charge on any atom is 0.331 e. The van der Waals surface area contributed by atoms with E-state index in [1.165, 1.54) is 6.08 Å². The number of benzene rings is 2. The molecule has 0 radical (unpaired) electrons. The maximum atomic E-state index is 11.8. The topological polar surface area (TPSA) is 73.9 Å². The van der Waals surface area contributed by atoms with Gasteiger partial charge in [-0.05, 0) is 41.5 Å². The van der Waals surface area contributed by atoms with Crippen molar-refractivity contribution in [3.8, 4) is 11.5 Å². The summed E-state index contributed by atoms with van der Waals surface area (Å²) in [5.74, 6) is 0.352. The molecule has 0 fully saturated rings. The van der Waals surface area contributed by atoms with E-state index < -0.39 is 5.97 Å². The third-order valence-electron chi connectivity index (χ3n) is 3.93. The molecule has 146 valence electrons. The SMILES string of the molecule is O=C(COC(=O)/C=C/c1ccc2c(c1)OCCCO2)NCc1ccc(Cl)cc1. The van der Waals surface area contributed by atoms with E-state index in [9.17, 15) is 9.59 Å². The van der Waals surface area contributed by atoms with Gasteiger partial charge in [-0.25, -0.2) is 4.79 Å². The second-order valence-electron chi connectivity index (χ2n) is 6.10. The van der Waals surface area contributed by atoms with Gasteiger partial charge in [0.15, 0.2) is 18.1 Å². The van der Waals surface area contributed by atoms with Crippen LogP contribution in [0, 0.1) is 0 Å². The summed E-state index contributed by atoms with van der Waals surface area (Å²) >= 11 is 5.81. The smallest absolute Gasteiger partial charge is 0.331 e. The van der Waals surface area contributed by atoms with Gasteiger partial charge in [0.25, 0.3) is 5.91 Å². The Bertz CT molecular complexity index is 864. The van der Waals surface area contributed by atoms with Crippen LogP contribution in [0.15, 0.2) is 48.5 Å². The number of rotatable bonds is 6. The number of ether oxygens (including phenoxy) is 3. The first-order chi connectivity index (χ1) is 13.6. The number of amides is 1. The van der Waals surface area contributed by atoms with Crippen LogP contribution in [0.1, 0.15) is 17.5 Å². The third-order valence-corrected chi connectivity index (χ3v) is 4.18. The van der Waals surface area contributed by atoms with Gasteiger partial charge in [0.2, 0.25) is 0 Å². The van der Waals surface area contributed by atoms with Crippen LogP contribution in [0.4, 0.5) is 0 Å². The molecule has 0 atom stereocenters. The molecule has 28 heavy (non-hydrogen) atoms. The number of carbonyl (C=O) groups excluding carboxylic acids is 2. The third kappa shape index (κ3) is 6.03. The number of carbonyl (C=O) groups is 2. The predicted octanol–water partition coefficient (Wildman–Crippen LogP) is 3.37. The van der Waals surface area contributed by atoms with Crippen LogP contribution in [-0.2, 0) is 20.9 Å². The molecule has 0 unspecified atom stereocenters. The molecule has 0 spiro atoms. The fourth-order valence-corrected chi connectivity index (χ4v) is 2.61. The second-order valence-corrected chi connectivity index (χ2v) is 6.54. The van der Waals surface area contributed by atoms with E-state index in [1.807, 2.05) is 18.2 Å². The minimum absolute atomic E-state index is 0.334. The summed E-state index contributed by atoms with van der Waals surface area (Å²) in [5.41, 5.74) is 1.67. The Balaban J connectivity index is 1.44. The van der Waals surface area contributed by atoms with E-state index in [0.29, 0.717) is 36.3 Å². The monoisotopic (exact) mass is 401 g/mol.